The Bertz CT molecular complexity index is 375. The van der Waals surface area contributed by atoms with Crippen LogP contribution in [0.1, 0.15) is 34.1 Å². The number of rotatable bonds is 3. The van der Waals surface area contributed by atoms with Crippen LogP contribution in [0.15, 0.2) is 0 Å². The standard InChI is InChI=1S/C12H19NO4S/c1-7(14)18-8-5-9(15)13(6-8)10(11(16)17)12(2,3)4/h8,10H,5-6H2,1-4H3,(H,16,17). The van der Waals surface area contributed by atoms with Crippen LogP contribution in [0.5, 0.6) is 0 Å². The van der Waals surface area contributed by atoms with Gasteiger partial charge in [-0.25, -0.2) is 4.79 Å². The average molecular weight is 273 g/mol. The molecule has 1 rings (SSSR count). The number of carboxylic acid groups (broad SMARTS) is 1. The number of hydrogen-bond acceptors (Lipinski definition) is 4. The molecule has 0 aromatic heterocycles. The molecule has 1 aliphatic heterocycles. The van der Waals surface area contributed by atoms with Gasteiger partial charge in [0.25, 0.3) is 0 Å². The summed E-state index contributed by atoms with van der Waals surface area (Å²) < 4.78 is 0. The van der Waals surface area contributed by atoms with E-state index < -0.39 is 17.4 Å². The van der Waals surface area contributed by atoms with Gasteiger partial charge in [-0.1, -0.05) is 32.5 Å². The number of carbonyl (C=O) groups is 3. The van der Waals surface area contributed by atoms with Crippen LogP contribution in [-0.2, 0) is 14.4 Å². The van der Waals surface area contributed by atoms with Crippen LogP contribution >= 0.6 is 11.8 Å². The molecular weight excluding hydrogens is 254 g/mol. The summed E-state index contributed by atoms with van der Waals surface area (Å²) in [7, 11) is 0. The molecule has 0 spiro atoms. The maximum atomic E-state index is 11.9. The fourth-order valence-corrected chi connectivity index (χ4v) is 3.16. The van der Waals surface area contributed by atoms with Gasteiger partial charge < -0.3 is 10.0 Å². The van der Waals surface area contributed by atoms with Crippen LogP contribution in [0.3, 0.4) is 0 Å². The molecule has 1 amide bonds. The second kappa shape index (κ2) is 5.30. The van der Waals surface area contributed by atoms with E-state index in [-0.39, 0.29) is 22.7 Å². The molecule has 2 unspecified atom stereocenters. The summed E-state index contributed by atoms with van der Waals surface area (Å²) >= 11 is 1.11. The van der Waals surface area contributed by atoms with Crippen molar-refractivity contribution in [3.05, 3.63) is 0 Å². The summed E-state index contributed by atoms with van der Waals surface area (Å²) in [5.41, 5.74) is -0.530. The Morgan fingerprint density at radius 1 is 1.44 bits per heavy atom. The number of hydrogen-bond donors (Lipinski definition) is 1. The maximum Gasteiger partial charge on any atom is 0.326 e. The minimum Gasteiger partial charge on any atom is -0.480 e. The first kappa shape index (κ1) is 15.0. The van der Waals surface area contributed by atoms with E-state index in [2.05, 4.69) is 0 Å². The number of carbonyl (C=O) groups excluding carboxylic acids is 2. The molecule has 6 heteroatoms. The van der Waals surface area contributed by atoms with Crippen molar-refractivity contribution in [2.75, 3.05) is 6.54 Å². The first-order valence-electron chi connectivity index (χ1n) is 5.82. The van der Waals surface area contributed by atoms with Crippen LogP contribution in [0, 0.1) is 5.41 Å². The highest BCUT2D eigenvalue weighted by molar-refractivity contribution is 8.14. The molecule has 1 fully saturated rings. The molecule has 0 aromatic carbocycles. The van der Waals surface area contributed by atoms with E-state index in [9.17, 15) is 19.5 Å². The lowest BCUT2D eigenvalue weighted by Gasteiger charge is -2.34. The monoisotopic (exact) mass is 273 g/mol. The molecular formula is C12H19NO4S. The molecule has 0 aromatic rings. The predicted molar refractivity (Wildman–Crippen MR) is 69.3 cm³/mol. The van der Waals surface area contributed by atoms with Crippen molar-refractivity contribution in [2.24, 2.45) is 5.41 Å². The highest BCUT2D eigenvalue weighted by Crippen LogP contribution is 2.32. The van der Waals surface area contributed by atoms with Crippen LogP contribution < -0.4 is 0 Å². The first-order valence-corrected chi connectivity index (χ1v) is 6.70. The fourth-order valence-electron chi connectivity index (χ4n) is 2.23. The third-order valence-electron chi connectivity index (χ3n) is 2.82. The van der Waals surface area contributed by atoms with Gasteiger partial charge in [-0.05, 0) is 5.41 Å². The molecule has 1 heterocycles. The minimum absolute atomic E-state index is 0.0442. The lowest BCUT2D eigenvalue weighted by Crippen LogP contribution is -2.50. The second-order valence-electron chi connectivity index (χ2n) is 5.59. The van der Waals surface area contributed by atoms with Gasteiger partial charge in [-0.3, -0.25) is 9.59 Å². The van der Waals surface area contributed by atoms with Crippen molar-refractivity contribution >= 4 is 28.8 Å². The molecule has 0 saturated carbocycles. The third kappa shape index (κ3) is 3.48. The Morgan fingerprint density at radius 3 is 2.39 bits per heavy atom. The average Bonchev–Trinajstić information content (AvgIpc) is 2.42. The van der Waals surface area contributed by atoms with Gasteiger partial charge in [-0.15, -0.1) is 0 Å². The van der Waals surface area contributed by atoms with Crippen molar-refractivity contribution in [3.63, 3.8) is 0 Å². The largest absolute Gasteiger partial charge is 0.480 e. The minimum atomic E-state index is -0.996. The fraction of sp³-hybridized carbons (Fsp3) is 0.750. The second-order valence-corrected chi connectivity index (χ2v) is 7.07. The van der Waals surface area contributed by atoms with E-state index in [4.69, 9.17) is 0 Å². The number of likely N-dealkylation sites (tertiary alicyclic amines) is 1. The normalized spacial score (nSPS) is 22.1. The van der Waals surface area contributed by atoms with Crippen molar-refractivity contribution in [1.29, 1.82) is 0 Å². The van der Waals surface area contributed by atoms with E-state index in [1.165, 1.54) is 11.8 Å². The first-order chi connectivity index (χ1) is 8.12. The zero-order valence-corrected chi connectivity index (χ0v) is 11.9. The molecule has 5 nitrogen and oxygen atoms in total. The molecule has 1 aliphatic rings. The van der Waals surface area contributed by atoms with Gasteiger partial charge in [0.2, 0.25) is 5.91 Å². The van der Waals surface area contributed by atoms with E-state index >= 15 is 0 Å². The van der Waals surface area contributed by atoms with Gasteiger partial charge in [0.05, 0.1) is 0 Å². The maximum absolute atomic E-state index is 11.9. The SMILES string of the molecule is CC(=O)SC1CC(=O)N(C(C(=O)O)C(C)(C)C)C1. The van der Waals surface area contributed by atoms with Gasteiger partial charge in [0.15, 0.2) is 5.12 Å². The highest BCUT2D eigenvalue weighted by Gasteiger charge is 2.43. The highest BCUT2D eigenvalue weighted by atomic mass is 32.2. The van der Waals surface area contributed by atoms with E-state index in [1.807, 2.05) is 0 Å². The third-order valence-corrected chi connectivity index (χ3v) is 3.80. The van der Waals surface area contributed by atoms with Crippen LogP contribution in [-0.4, -0.2) is 44.8 Å². The summed E-state index contributed by atoms with van der Waals surface area (Å²) in [5.74, 6) is -1.18. The quantitative estimate of drug-likeness (QED) is 0.840. The molecule has 18 heavy (non-hydrogen) atoms. The molecule has 1 saturated heterocycles. The summed E-state index contributed by atoms with van der Waals surface area (Å²) in [6.07, 6.45) is 0.240. The van der Waals surface area contributed by atoms with Gasteiger partial charge >= 0.3 is 5.97 Å². The van der Waals surface area contributed by atoms with E-state index in [0.29, 0.717) is 6.54 Å². The number of thioether (sulfide) groups is 1. The van der Waals surface area contributed by atoms with Crippen LogP contribution in [0.4, 0.5) is 0 Å². The smallest absolute Gasteiger partial charge is 0.326 e. The number of aliphatic carboxylic acids is 1. The Kier molecular flexibility index (Phi) is 4.42. The van der Waals surface area contributed by atoms with Crippen LogP contribution in [0.2, 0.25) is 0 Å². The van der Waals surface area contributed by atoms with Crippen molar-refractivity contribution in [2.45, 2.75) is 45.4 Å². The molecule has 1 N–H and O–H groups in total. The number of nitrogens with zero attached hydrogens (tertiary/aromatic N) is 1. The van der Waals surface area contributed by atoms with E-state index in [1.54, 1.807) is 20.8 Å². The Balaban J connectivity index is 2.85. The topological polar surface area (TPSA) is 74.7 Å². The van der Waals surface area contributed by atoms with Gasteiger partial charge in [0.1, 0.15) is 6.04 Å². The Morgan fingerprint density at radius 2 is 2.00 bits per heavy atom. The lowest BCUT2D eigenvalue weighted by molar-refractivity contribution is -0.153. The van der Waals surface area contributed by atoms with Gasteiger partial charge in [0, 0.05) is 25.1 Å². The van der Waals surface area contributed by atoms with E-state index in [0.717, 1.165) is 11.8 Å². The summed E-state index contributed by atoms with van der Waals surface area (Å²) in [6.45, 7) is 7.17. The zero-order valence-electron chi connectivity index (χ0n) is 11.1. The molecule has 2 atom stereocenters. The summed E-state index contributed by atoms with van der Waals surface area (Å²) in [5, 5.41) is 9.12. The molecule has 102 valence electrons. The van der Waals surface area contributed by atoms with Crippen LogP contribution in [0.25, 0.3) is 0 Å². The molecule has 0 radical (unpaired) electrons. The van der Waals surface area contributed by atoms with Gasteiger partial charge in [-0.2, -0.15) is 0 Å². The van der Waals surface area contributed by atoms with Crippen molar-refractivity contribution < 1.29 is 19.5 Å². The number of amides is 1. The Labute approximate surface area is 111 Å². The molecule has 0 bridgehead atoms. The lowest BCUT2D eigenvalue weighted by atomic mass is 9.86. The predicted octanol–water partition coefficient (Wildman–Crippen LogP) is 1.37. The summed E-state index contributed by atoms with van der Waals surface area (Å²) in [4.78, 5) is 35.7. The van der Waals surface area contributed by atoms with Crippen molar-refractivity contribution in [3.8, 4) is 0 Å². The zero-order chi connectivity index (χ0) is 14.1. The molecule has 0 aliphatic carbocycles. The summed E-state index contributed by atoms with van der Waals surface area (Å²) in [6, 6.07) is -0.845. The number of carboxylic acids is 1. The Hall–Kier alpha value is -1.04. The van der Waals surface area contributed by atoms with Crippen molar-refractivity contribution in [1.82, 2.24) is 4.90 Å².